The highest BCUT2D eigenvalue weighted by atomic mass is 19.3. The lowest BCUT2D eigenvalue weighted by Crippen LogP contribution is -2.67. The van der Waals surface area contributed by atoms with Gasteiger partial charge >= 0.3 is 5.97 Å². The molecule has 0 spiro atoms. The minimum Gasteiger partial charge on any atom is -0.456 e. The lowest BCUT2D eigenvalue weighted by molar-refractivity contribution is -0.163. The van der Waals surface area contributed by atoms with Gasteiger partial charge in [-0.1, -0.05) is 6.92 Å². The number of esters is 1. The number of amides is 1. The average molecular weight is 438 g/mol. The maximum Gasteiger partial charge on any atom is 0.340 e. The number of fused-ring (bicyclic) bond motifs is 1. The fourth-order valence-electron chi connectivity index (χ4n) is 4.52. The molecule has 1 aliphatic carbocycles. The molecule has 1 N–H and O–H groups in total. The van der Waals surface area contributed by atoms with Crippen molar-refractivity contribution in [1.29, 1.82) is 0 Å². The SMILES string of the molecule is CCC(=O)C1(NC(=O)C(=O)c2c(C)c(C(=O)OC(C)(C)C)c3n2CCC3)CC(F)(F)C1. The molecule has 31 heavy (non-hydrogen) atoms. The van der Waals surface area contributed by atoms with Crippen LogP contribution in [0.4, 0.5) is 8.78 Å². The molecule has 170 valence electrons. The lowest BCUT2D eigenvalue weighted by atomic mass is 9.69. The molecule has 1 aliphatic heterocycles. The van der Waals surface area contributed by atoms with E-state index < -0.39 is 53.3 Å². The Morgan fingerprint density at radius 3 is 2.29 bits per heavy atom. The van der Waals surface area contributed by atoms with Crippen molar-refractivity contribution in [2.24, 2.45) is 0 Å². The van der Waals surface area contributed by atoms with E-state index in [4.69, 9.17) is 4.74 Å². The summed E-state index contributed by atoms with van der Waals surface area (Å²) in [6.07, 6.45) is -0.431. The molecule has 1 saturated carbocycles. The highest BCUT2D eigenvalue weighted by molar-refractivity contribution is 6.43. The van der Waals surface area contributed by atoms with Crippen LogP contribution in [0.1, 0.15) is 85.5 Å². The maximum absolute atomic E-state index is 13.5. The number of nitrogens with one attached hydrogen (secondary N) is 1. The molecule has 0 saturated heterocycles. The zero-order chi connectivity index (χ0) is 23.4. The van der Waals surface area contributed by atoms with E-state index in [2.05, 4.69) is 5.32 Å². The van der Waals surface area contributed by atoms with Crippen molar-refractivity contribution in [2.45, 2.75) is 90.3 Å². The van der Waals surface area contributed by atoms with E-state index in [0.717, 1.165) is 0 Å². The fourth-order valence-corrected chi connectivity index (χ4v) is 4.52. The highest BCUT2D eigenvalue weighted by Crippen LogP contribution is 2.46. The van der Waals surface area contributed by atoms with Crippen LogP contribution in [-0.2, 0) is 27.3 Å². The molecule has 0 atom stereocenters. The Kier molecular flexibility index (Phi) is 5.61. The molecular formula is C22H28F2N2O5. The van der Waals surface area contributed by atoms with Gasteiger partial charge in [0, 0.05) is 31.5 Å². The van der Waals surface area contributed by atoms with Gasteiger partial charge in [-0.15, -0.1) is 0 Å². The van der Waals surface area contributed by atoms with Gasteiger partial charge in [0.2, 0.25) is 0 Å². The molecule has 3 rings (SSSR count). The van der Waals surface area contributed by atoms with Gasteiger partial charge in [-0.2, -0.15) is 0 Å². The summed E-state index contributed by atoms with van der Waals surface area (Å²) in [5, 5.41) is 2.28. The molecule has 1 fully saturated rings. The van der Waals surface area contributed by atoms with Crippen molar-refractivity contribution in [3.05, 3.63) is 22.5 Å². The molecule has 1 amide bonds. The molecule has 7 nitrogen and oxygen atoms in total. The molecular weight excluding hydrogens is 410 g/mol. The first-order chi connectivity index (χ1) is 14.2. The van der Waals surface area contributed by atoms with Gasteiger partial charge in [0.15, 0.2) is 5.78 Å². The largest absolute Gasteiger partial charge is 0.456 e. The van der Waals surface area contributed by atoms with Crippen molar-refractivity contribution in [2.75, 3.05) is 0 Å². The normalized spacial score (nSPS) is 18.7. The number of hydrogen-bond donors (Lipinski definition) is 1. The minimum absolute atomic E-state index is 0.0348. The summed E-state index contributed by atoms with van der Waals surface area (Å²) in [6.45, 7) is 8.73. The number of hydrogen-bond acceptors (Lipinski definition) is 5. The predicted molar refractivity (Wildman–Crippen MR) is 107 cm³/mol. The van der Waals surface area contributed by atoms with Crippen LogP contribution >= 0.6 is 0 Å². The fraction of sp³-hybridized carbons (Fsp3) is 0.636. The molecule has 1 aromatic heterocycles. The van der Waals surface area contributed by atoms with E-state index >= 15 is 0 Å². The van der Waals surface area contributed by atoms with Gasteiger partial charge in [0.1, 0.15) is 11.1 Å². The summed E-state index contributed by atoms with van der Waals surface area (Å²) in [5.74, 6) is -6.24. The second-order valence-corrected chi connectivity index (χ2v) is 9.40. The third-order valence-corrected chi connectivity index (χ3v) is 5.76. The number of nitrogens with zero attached hydrogens (tertiary/aromatic N) is 1. The van der Waals surface area contributed by atoms with Crippen LogP contribution < -0.4 is 5.32 Å². The van der Waals surface area contributed by atoms with Gasteiger partial charge in [-0.3, -0.25) is 14.4 Å². The number of ketones is 2. The Morgan fingerprint density at radius 2 is 1.77 bits per heavy atom. The van der Waals surface area contributed by atoms with Crippen molar-refractivity contribution < 1.29 is 32.7 Å². The highest BCUT2D eigenvalue weighted by Gasteiger charge is 2.61. The smallest absolute Gasteiger partial charge is 0.340 e. The summed E-state index contributed by atoms with van der Waals surface area (Å²) < 4.78 is 34.2. The number of Topliss-reactive ketones (excluding diaryl/α,β-unsaturated/α-hetero) is 2. The van der Waals surface area contributed by atoms with E-state index in [9.17, 15) is 28.0 Å². The number of carbonyl (C=O) groups excluding carboxylic acids is 4. The van der Waals surface area contributed by atoms with Crippen LogP contribution in [0.5, 0.6) is 0 Å². The summed E-state index contributed by atoms with van der Waals surface area (Å²) in [4.78, 5) is 50.8. The number of ether oxygens (including phenoxy) is 1. The molecule has 2 heterocycles. The summed E-state index contributed by atoms with van der Waals surface area (Å²) in [5.41, 5.74) is -1.22. The number of carbonyl (C=O) groups is 4. The van der Waals surface area contributed by atoms with Gasteiger partial charge in [0.25, 0.3) is 17.6 Å². The van der Waals surface area contributed by atoms with Crippen LogP contribution in [0.2, 0.25) is 0 Å². The summed E-state index contributed by atoms with van der Waals surface area (Å²) in [6, 6.07) is 0. The average Bonchev–Trinajstić information content (AvgIpc) is 3.16. The quantitative estimate of drug-likeness (QED) is 0.418. The van der Waals surface area contributed by atoms with Crippen molar-refractivity contribution >= 4 is 23.4 Å². The first-order valence-electron chi connectivity index (χ1n) is 10.4. The third-order valence-electron chi connectivity index (χ3n) is 5.76. The Labute approximate surface area is 179 Å². The predicted octanol–water partition coefficient (Wildman–Crippen LogP) is 3.14. The molecule has 0 radical (unpaired) electrons. The molecule has 0 bridgehead atoms. The molecule has 9 heteroatoms. The van der Waals surface area contributed by atoms with E-state index in [0.29, 0.717) is 30.6 Å². The summed E-state index contributed by atoms with van der Waals surface area (Å²) >= 11 is 0. The van der Waals surface area contributed by atoms with Gasteiger partial charge in [-0.25, -0.2) is 13.6 Å². The first-order valence-corrected chi connectivity index (χ1v) is 10.4. The van der Waals surface area contributed by atoms with Crippen molar-refractivity contribution in [1.82, 2.24) is 9.88 Å². The minimum atomic E-state index is -3.06. The van der Waals surface area contributed by atoms with E-state index in [1.54, 1.807) is 32.3 Å². The van der Waals surface area contributed by atoms with Crippen molar-refractivity contribution in [3.8, 4) is 0 Å². The standard InChI is InChI=1S/C22H28F2N2O5/c1-6-14(27)21(10-22(23,24)11-21)25-18(29)17(28)16-12(2)15(13-8-7-9-26(13)16)19(30)31-20(3,4)5/h6-11H2,1-5H3,(H,25,29). The van der Waals surface area contributed by atoms with Crippen LogP contribution in [-0.4, -0.2) is 45.1 Å². The zero-order valence-corrected chi connectivity index (χ0v) is 18.5. The topological polar surface area (TPSA) is 94.5 Å². The Balaban J connectivity index is 1.92. The van der Waals surface area contributed by atoms with Crippen LogP contribution in [0, 0.1) is 6.92 Å². The lowest BCUT2D eigenvalue weighted by Gasteiger charge is -2.46. The van der Waals surface area contributed by atoms with Gasteiger partial charge in [-0.05, 0) is 46.1 Å². The monoisotopic (exact) mass is 438 g/mol. The van der Waals surface area contributed by atoms with Crippen molar-refractivity contribution in [3.63, 3.8) is 0 Å². The Bertz CT molecular complexity index is 964. The van der Waals surface area contributed by atoms with E-state index in [-0.39, 0.29) is 17.7 Å². The molecule has 0 aromatic carbocycles. The number of rotatable bonds is 6. The van der Waals surface area contributed by atoms with Gasteiger partial charge in [0.05, 0.1) is 11.3 Å². The second-order valence-electron chi connectivity index (χ2n) is 9.40. The number of alkyl halides is 2. The van der Waals surface area contributed by atoms with Gasteiger partial charge < -0.3 is 14.6 Å². The molecule has 2 aliphatic rings. The Morgan fingerprint density at radius 1 is 1.16 bits per heavy atom. The van der Waals surface area contributed by atoms with E-state index in [1.165, 1.54) is 6.92 Å². The third kappa shape index (κ3) is 4.14. The number of halogens is 2. The van der Waals surface area contributed by atoms with E-state index in [1.807, 2.05) is 0 Å². The first kappa shape index (κ1) is 23.1. The van der Waals surface area contributed by atoms with Crippen LogP contribution in [0.15, 0.2) is 0 Å². The second kappa shape index (κ2) is 7.53. The Hall–Kier alpha value is -2.58. The molecule has 1 aromatic rings. The molecule has 0 unspecified atom stereocenters. The zero-order valence-electron chi connectivity index (χ0n) is 18.5. The van der Waals surface area contributed by atoms with Crippen LogP contribution in [0.3, 0.4) is 0 Å². The summed E-state index contributed by atoms with van der Waals surface area (Å²) in [7, 11) is 0. The number of aromatic nitrogens is 1. The maximum atomic E-state index is 13.5. The van der Waals surface area contributed by atoms with Crippen LogP contribution in [0.25, 0.3) is 0 Å².